The third-order valence-corrected chi connectivity index (χ3v) is 6.19. The molecule has 0 saturated heterocycles. The van der Waals surface area contributed by atoms with Crippen LogP contribution in [-0.2, 0) is 9.53 Å². The fraction of sp³-hybridized carbons (Fsp3) is 0.360. The lowest BCUT2D eigenvalue weighted by Crippen LogP contribution is -2.40. The number of carboxylic acid groups (broad SMARTS) is 1. The van der Waals surface area contributed by atoms with Crippen LogP contribution in [-0.4, -0.2) is 52.8 Å². The molecular formula is C25H29N3O5S. The van der Waals surface area contributed by atoms with Gasteiger partial charge in [0.2, 0.25) is 0 Å². The van der Waals surface area contributed by atoms with E-state index in [0.29, 0.717) is 27.7 Å². The van der Waals surface area contributed by atoms with Crippen molar-refractivity contribution in [1.82, 2.24) is 15.3 Å². The molecule has 0 radical (unpaired) electrons. The van der Waals surface area contributed by atoms with Crippen LogP contribution in [0.3, 0.4) is 0 Å². The van der Waals surface area contributed by atoms with Gasteiger partial charge >= 0.3 is 5.97 Å². The largest absolute Gasteiger partial charge is 0.497 e. The Morgan fingerprint density at radius 2 is 1.82 bits per heavy atom. The second-order valence-electron chi connectivity index (χ2n) is 8.18. The number of pyridine rings is 1. The number of carbonyl (C=O) groups excluding carboxylic acids is 1. The van der Waals surface area contributed by atoms with E-state index >= 15 is 0 Å². The maximum Gasteiger partial charge on any atom is 0.333 e. The number of methoxy groups -OCH3 is 1. The molecule has 0 aliphatic carbocycles. The Labute approximate surface area is 203 Å². The van der Waals surface area contributed by atoms with Gasteiger partial charge in [0.15, 0.2) is 6.10 Å². The van der Waals surface area contributed by atoms with Gasteiger partial charge in [0.1, 0.15) is 16.5 Å². The van der Waals surface area contributed by atoms with E-state index in [0.717, 1.165) is 10.4 Å². The molecule has 2 aromatic heterocycles. The van der Waals surface area contributed by atoms with Crippen LogP contribution in [0.15, 0.2) is 42.6 Å². The van der Waals surface area contributed by atoms with Gasteiger partial charge in [-0.3, -0.25) is 9.78 Å². The number of benzene rings is 1. The lowest BCUT2D eigenvalue weighted by atomic mass is 9.92. The average Bonchev–Trinajstić information content (AvgIpc) is 3.20. The van der Waals surface area contributed by atoms with Gasteiger partial charge in [-0.05, 0) is 57.0 Å². The zero-order valence-electron chi connectivity index (χ0n) is 19.9. The van der Waals surface area contributed by atoms with Crippen LogP contribution in [0.25, 0.3) is 10.7 Å². The summed E-state index contributed by atoms with van der Waals surface area (Å²) in [5.74, 6) is -1.44. The molecule has 0 aliphatic heterocycles. The van der Waals surface area contributed by atoms with Crippen molar-refractivity contribution in [2.24, 2.45) is 0 Å². The Morgan fingerprint density at radius 1 is 1.12 bits per heavy atom. The number of carbonyl (C=O) groups is 2. The van der Waals surface area contributed by atoms with Gasteiger partial charge in [0.25, 0.3) is 5.91 Å². The summed E-state index contributed by atoms with van der Waals surface area (Å²) in [5.41, 5.74) is 2.75. The fourth-order valence-electron chi connectivity index (χ4n) is 3.47. The van der Waals surface area contributed by atoms with Crippen molar-refractivity contribution >= 4 is 23.2 Å². The Kier molecular flexibility index (Phi) is 8.36. The van der Waals surface area contributed by atoms with Crippen molar-refractivity contribution in [3.63, 3.8) is 0 Å². The predicted molar refractivity (Wildman–Crippen MR) is 131 cm³/mol. The molecule has 0 aliphatic rings. The summed E-state index contributed by atoms with van der Waals surface area (Å²) in [6, 6.07) is 10.9. The van der Waals surface area contributed by atoms with Crippen LogP contribution in [0.4, 0.5) is 0 Å². The quantitative estimate of drug-likeness (QED) is 0.444. The molecule has 180 valence electrons. The predicted octanol–water partition coefficient (Wildman–Crippen LogP) is 4.22. The first kappa shape index (κ1) is 25.3. The highest BCUT2D eigenvalue weighted by Crippen LogP contribution is 2.28. The maximum atomic E-state index is 13.0. The number of thiazole rings is 1. The zero-order valence-corrected chi connectivity index (χ0v) is 20.7. The number of aliphatic carboxylic acids is 1. The molecule has 3 rings (SSSR count). The Morgan fingerprint density at radius 3 is 2.38 bits per heavy atom. The molecule has 2 N–H and O–H groups in total. The number of amides is 1. The summed E-state index contributed by atoms with van der Waals surface area (Å²) in [5, 5.41) is 13.4. The van der Waals surface area contributed by atoms with Crippen molar-refractivity contribution < 1.29 is 24.2 Å². The smallest absolute Gasteiger partial charge is 0.333 e. The van der Waals surface area contributed by atoms with Crippen LogP contribution in [0.2, 0.25) is 0 Å². The Hall–Kier alpha value is -3.30. The van der Waals surface area contributed by atoms with Crippen LogP contribution < -0.4 is 10.1 Å². The summed E-state index contributed by atoms with van der Waals surface area (Å²) >= 11 is 1.39. The Balaban J connectivity index is 1.83. The molecule has 0 bridgehead atoms. The standard InChI is InChI=1S/C25H29N3O5S/c1-14(2)33-22(25(30)31)19(17-7-9-18(32-5)10-8-17)13-27-23(29)21-16(4)34-24(28-21)20-11-6-15(3)12-26-20/h6-12,14,19,22H,13H2,1-5H3,(H,27,29)(H,30,31). The van der Waals surface area contributed by atoms with Gasteiger partial charge in [-0.2, -0.15) is 0 Å². The number of rotatable bonds is 10. The van der Waals surface area contributed by atoms with Crippen molar-refractivity contribution in [3.05, 3.63) is 64.3 Å². The van der Waals surface area contributed by atoms with Gasteiger partial charge in [-0.1, -0.05) is 18.2 Å². The second-order valence-corrected chi connectivity index (χ2v) is 9.38. The molecule has 34 heavy (non-hydrogen) atoms. The van der Waals surface area contributed by atoms with Crippen molar-refractivity contribution in [1.29, 1.82) is 0 Å². The van der Waals surface area contributed by atoms with Gasteiger partial charge in [0, 0.05) is 23.5 Å². The minimum absolute atomic E-state index is 0.0595. The summed E-state index contributed by atoms with van der Waals surface area (Å²) in [6.07, 6.45) is 0.312. The van der Waals surface area contributed by atoms with E-state index in [2.05, 4.69) is 15.3 Å². The molecule has 1 amide bonds. The molecule has 2 atom stereocenters. The van der Waals surface area contributed by atoms with Crippen LogP contribution in [0.5, 0.6) is 5.75 Å². The van der Waals surface area contributed by atoms with Crippen LogP contribution in [0, 0.1) is 13.8 Å². The van der Waals surface area contributed by atoms with E-state index in [9.17, 15) is 14.7 Å². The first-order valence-corrected chi connectivity index (χ1v) is 11.7. The third-order valence-electron chi connectivity index (χ3n) is 5.20. The topological polar surface area (TPSA) is 111 Å². The lowest BCUT2D eigenvalue weighted by molar-refractivity contribution is -0.155. The Bertz CT molecular complexity index is 1130. The number of aryl methyl sites for hydroxylation is 2. The number of aromatic nitrogens is 2. The van der Waals surface area contributed by atoms with Crippen molar-refractivity contribution in [2.75, 3.05) is 13.7 Å². The highest BCUT2D eigenvalue weighted by Gasteiger charge is 2.32. The lowest BCUT2D eigenvalue weighted by Gasteiger charge is -2.26. The van der Waals surface area contributed by atoms with Crippen LogP contribution in [0.1, 0.15) is 46.3 Å². The number of hydrogen-bond donors (Lipinski definition) is 2. The van der Waals surface area contributed by atoms with E-state index in [1.165, 1.54) is 11.3 Å². The summed E-state index contributed by atoms with van der Waals surface area (Å²) in [6.45, 7) is 7.39. The number of nitrogens with one attached hydrogen (secondary N) is 1. The molecule has 0 fully saturated rings. The van der Waals surface area contributed by atoms with Gasteiger partial charge < -0.3 is 19.9 Å². The monoisotopic (exact) mass is 483 g/mol. The highest BCUT2D eigenvalue weighted by atomic mass is 32.1. The zero-order chi connectivity index (χ0) is 24.8. The summed E-state index contributed by atoms with van der Waals surface area (Å²) in [4.78, 5) is 34.7. The molecule has 2 unspecified atom stereocenters. The van der Waals surface area contributed by atoms with E-state index in [1.54, 1.807) is 51.4 Å². The van der Waals surface area contributed by atoms with Gasteiger partial charge in [-0.25, -0.2) is 9.78 Å². The second kappa shape index (κ2) is 11.2. The average molecular weight is 484 g/mol. The van der Waals surface area contributed by atoms with Crippen molar-refractivity contribution in [2.45, 2.75) is 45.8 Å². The first-order valence-electron chi connectivity index (χ1n) is 10.9. The molecule has 1 aromatic carbocycles. The summed E-state index contributed by atoms with van der Waals surface area (Å²) in [7, 11) is 1.56. The molecule has 0 spiro atoms. The molecule has 8 nitrogen and oxygen atoms in total. The van der Waals surface area contributed by atoms with E-state index < -0.39 is 18.0 Å². The molecule has 9 heteroatoms. The fourth-order valence-corrected chi connectivity index (χ4v) is 4.35. The van der Waals surface area contributed by atoms with E-state index in [-0.39, 0.29) is 18.6 Å². The SMILES string of the molecule is COc1ccc(C(CNC(=O)c2nc(-c3ccc(C)cn3)sc2C)C(OC(C)C)C(=O)O)cc1. The van der Waals surface area contributed by atoms with Crippen LogP contribution >= 0.6 is 11.3 Å². The van der Waals surface area contributed by atoms with Gasteiger partial charge in [-0.15, -0.1) is 11.3 Å². The minimum atomic E-state index is -1.14. The van der Waals surface area contributed by atoms with E-state index in [4.69, 9.17) is 9.47 Å². The molecule has 0 saturated carbocycles. The summed E-state index contributed by atoms with van der Waals surface area (Å²) < 4.78 is 10.9. The first-order chi connectivity index (χ1) is 16.2. The van der Waals surface area contributed by atoms with Crippen molar-refractivity contribution in [3.8, 4) is 16.5 Å². The molecule has 2 heterocycles. The number of nitrogens with zero attached hydrogens (tertiary/aromatic N) is 2. The maximum absolute atomic E-state index is 13.0. The number of ether oxygens (including phenoxy) is 2. The van der Waals surface area contributed by atoms with E-state index in [1.807, 2.05) is 26.0 Å². The number of carboxylic acids is 1. The highest BCUT2D eigenvalue weighted by molar-refractivity contribution is 7.15. The molecular weight excluding hydrogens is 454 g/mol. The van der Waals surface area contributed by atoms with Gasteiger partial charge in [0.05, 0.1) is 18.9 Å². The third kappa shape index (κ3) is 6.18. The minimum Gasteiger partial charge on any atom is -0.497 e. The number of hydrogen-bond acceptors (Lipinski definition) is 7. The molecule has 3 aromatic rings. The normalized spacial score (nSPS) is 12.9.